The average Bonchev–Trinajstić information content (AvgIpc) is 2.69. The van der Waals surface area contributed by atoms with Gasteiger partial charge in [-0.1, -0.05) is 23.7 Å². The quantitative estimate of drug-likeness (QED) is 0.862. The Labute approximate surface area is 121 Å². The van der Waals surface area contributed by atoms with Gasteiger partial charge in [-0.2, -0.15) is 0 Å². The molecule has 0 atom stereocenters. The van der Waals surface area contributed by atoms with E-state index in [1.807, 2.05) is 29.2 Å². The van der Waals surface area contributed by atoms with Gasteiger partial charge in [0, 0.05) is 6.54 Å². The van der Waals surface area contributed by atoms with Crippen LogP contribution in [0.15, 0.2) is 30.6 Å². The van der Waals surface area contributed by atoms with Gasteiger partial charge in [-0.3, -0.25) is 0 Å². The molecule has 0 spiro atoms. The maximum absolute atomic E-state index is 9.53. The minimum Gasteiger partial charge on any atom is -0.491 e. The van der Waals surface area contributed by atoms with E-state index in [1.165, 1.54) is 6.33 Å². The van der Waals surface area contributed by atoms with E-state index in [0.717, 1.165) is 24.4 Å². The van der Waals surface area contributed by atoms with E-state index in [0.29, 0.717) is 18.0 Å². The number of rotatable bonds is 2. The molecule has 3 rings (SSSR count). The number of nitrogens with zero attached hydrogens (tertiary/aromatic N) is 3. The fourth-order valence-corrected chi connectivity index (χ4v) is 2.49. The largest absolute Gasteiger partial charge is 0.491 e. The fourth-order valence-electron chi connectivity index (χ4n) is 2.30. The van der Waals surface area contributed by atoms with E-state index in [1.54, 1.807) is 0 Å². The monoisotopic (exact) mass is 291 g/mol. The van der Waals surface area contributed by atoms with Gasteiger partial charge < -0.3 is 14.7 Å². The zero-order valence-electron chi connectivity index (χ0n) is 10.8. The molecule has 0 radical (unpaired) electrons. The number of fused-ring (bicyclic) bond motifs is 1. The van der Waals surface area contributed by atoms with E-state index in [4.69, 9.17) is 16.3 Å². The lowest BCUT2D eigenvalue weighted by molar-refractivity contribution is 0.281. The SMILES string of the molecule is OCc1c(Cl)ncnc1N1CCCOc2ccccc21. The van der Waals surface area contributed by atoms with Gasteiger partial charge in [-0.05, 0) is 18.6 Å². The topological polar surface area (TPSA) is 58.5 Å². The van der Waals surface area contributed by atoms with Gasteiger partial charge in [0.1, 0.15) is 23.0 Å². The molecule has 0 bridgehead atoms. The zero-order valence-corrected chi connectivity index (χ0v) is 11.5. The van der Waals surface area contributed by atoms with Crippen LogP contribution in [0, 0.1) is 0 Å². The third-order valence-corrected chi connectivity index (χ3v) is 3.55. The van der Waals surface area contributed by atoms with Crippen molar-refractivity contribution in [1.29, 1.82) is 0 Å². The third-order valence-electron chi connectivity index (χ3n) is 3.22. The molecule has 0 aliphatic carbocycles. The first-order valence-corrected chi connectivity index (χ1v) is 6.78. The molecule has 2 aromatic rings. The number of hydrogen-bond donors (Lipinski definition) is 1. The van der Waals surface area contributed by atoms with Gasteiger partial charge in [0.25, 0.3) is 0 Å². The molecule has 20 heavy (non-hydrogen) atoms. The highest BCUT2D eigenvalue weighted by atomic mass is 35.5. The standard InChI is InChI=1S/C14H14ClN3O2/c15-13-10(8-19)14(17-9-16-13)18-6-3-7-20-12-5-2-1-4-11(12)18/h1-2,4-5,9,19H,3,6-8H2. The van der Waals surface area contributed by atoms with Crippen LogP contribution in [0.25, 0.3) is 0 Å². The molecule has 5 nitrogen and oxygen atoms in total. The summed E-state index contributed by atoms with van der Waals surface area (Å²) in [5, 5.41) is 9.80. The minimum atomic E-state index is -0.200. The Morgan fingerprint density at radius 2 is 2.15 bits per heavy atom. The molecule has 0 saturated carbocycles. The van der Waals surface area contributed by atoms with Gasteiger partial charge in [0.2, 0.25) is 0 Å². The molecule has 0 fully saturated rings. The number of halogens is 1. The molecule has 1 aliphatic rings. The number of ether oxygens (including phenoxy) is 1. The fraction of sp³-hybridized carbons (Fsp3) is 0.286. The molecule has 0 unspecified atom stereocenters. The molecule has 1 aromatic carbocycles. The Hall–Kier alpha value is -1.85. The zero-order chi connectivity index (χ0) is 13.9. The van der Waals surface area contributed by atoms with Crippen molar-refractivity contribution in [2.24, 2.45) is 0 Å². The normalized spacial score (nSPS) is 14.4. The Balaban J connectivity index is 2.12. The summed E-state index contributed by atoms with van der Waals surface area (Å²) in [6.45, 7) is 1.20. The van der Waals surface area contributed by atoms with Crippen LogP contribution in [0.3, 0.4) is 0 Å². The molecule has 0 amide bonds. The maximum Gasteiger partial charge on any atom is 0.143 e. The summed E-state index contributed by atoms with van der Waals surface area (Å²) < 4.78 is 5.72. The van der Waals surface area contributed by atoms with Crippen molar-refractivity contribution < 1.29 is 9.84 Å². The van der Waals surface area contributed by atoms with Crippen molar-refractivity contribution in [2.45, 2.75) is 13.0 Å². The molecular weight excluding hydrogens is 278 g/mol. The summed E-state index contributed by atoms with van der Waals surface area (Å²) in [6.07, 6.45) is 2.27. The van der Waals surface area contributed by atoms with Crippen molar-refractivity contribution in [3.8, 4) is 5.75 Å². The third kappa shape index (κ3) is 2.30. The van der Waals surface area contributed by atoms with Gasteiger partial charge in [-0.15, -0.1) is 0 Å². The number of hydrogen-bond acceptors (Lipinski definition) is 5. The van der Waals surface area contributed by atoms with E-state index < -0.39 is 0 Å². The summed E-state index contributed by atoms with van der Waals surface area (Å²) in [4.78, 5) is 10.2. The van der Waals surface area contributed by atoms with Crippen LogP contribution in [0.1, 0.15) is 12.0 Å². The summed E-state index contributed by atoms with van der Waals surface area (Å²) in [5.41, 5.74) is 1.46. The Morgan fingerprint density at radius 3 is 3.00 bits per heavy atom. The number of aliphatic hydroxyl groups is 1. The highest BCUT2D eigenvalue weighted by Gasteiger charge is 2.22. The molecular formula is C14H14ClN3O2. The summed E-state index contributed by atoms with van der Waals surface area (Å²) in [7, 11) is 0. The van der Waals surface area contributed by atoms with Gasteiger partial charge in [0.15, 0.2) is 0 Å². The highest BCUT2D eigenvalue weighted by Crippen LogP contribution is 2.37. The van der Waals surface area contributed by atoms with E-state index in [-0.39, 0.29) is 11.8 Å². The Bertz CT molecular complexity index is 621. The van der Waals surface area contributed by atoms with Gasteiger partial charge >= 0.3 is 0 Å². The number of para-hydroxylation sites is 2. The first-order valence-electron chi connectivity index (χ1n) is 6.41. The Kier molecular flexibility index (Phi) is 3.71. The second-order valence-electron chi connectivity index (χ2n) is 4.45. The van der Waals surface area contributed by atoms with Crippen molar-refractivity contribution in [3.05, 3.63) is 41.3 Å². The van der Waals surface area contributed by atoms with Crippen molar-refractivity contribution in [3.63, 3.8) is 0 Å². The number of aliphatic hydroxyl groups excluding tert-OH is 1. The van der Waals surface area contributed by atoms with E-state index in [9.17, 15) is 5.11 Å². The van der Waals surface area contributed by atoms with E-state index >= 15 is 0 Å². The van der Waals surface area contributed by atoms with Crippen molar-refractivity contribution >= 4 is 23.1 Å². The van der Waals surface area contributed by atoms with Gasteiger partial charge in [-0.25, -0.2) is 9.97 Å². The molecule has 0 saturated heterocycles. The molecule has 1 aromatic heterocycles. The maximum atomic E-state index is 9.53. The number of benzene rings is 1. The van der Waals surface area contributed by atoms with Crippen LogP contribution in [0.2, 0.25) is 5.15 Å². The molecule has 1 N–H and O–H groups in total. The summed E-state index contributed by atoms with van der Waals surface area (Å²) >= 11 is 6.05. The summed E-state index contributed by atoms with van der Waals surface area (Å²) in [5.74, 6) is 1.44. The van der Waals surface area contributed by atoms with Crippen molar-refractivity contribution in [1.82, 2.24) is 9.97 Å². The second-order valence-corrected chi connectivity index (χ2v) is 4.80. The lowest BCUT2D eigenvalue weighted by atomic mass is 10.2. The summed E-state index contributed by atoms with van der Waals surface area (Å²) in [6, 6.07) is 7.77. The average molecular weight is 292 g/mol. The van der Waals surface area contributed by atoms with Crippen LogP contribution in [0.4, 0.5) is 11.5 Å². The van der Waals surface area contributed by atoms with Crippen LogP contribution in [-0.2, 0) is 6.61 Å². The molecule has 1 aliphatic heterocycles. The van der Waals surface area contributed by atoms with Crippen LogP contribution in [0.5, 0.6) is 5.75 Å². The number of anilines is 2. The number of aromatic nitrogens is 2. The molecule has 104 valence electrons. The van der Waals surface area contributed by atoms with E-state index in [2.05, 4.69) is 9.97 Å². The van der Waals surface area contributed by atoms with Crippen LogP contribution < -0.4 is 9.64 Å². The predicted molar refractivity (Wildman–Crippen MR) is 76.5 cm³/mol. The molecule has 6 heteroatoms. The lowest BCUT2D eigenvalue weighted by Gasteiger charge is -2.24. The van der Waals surface area contributed by atoms with Crippen LogP contribution >= 0.6 is 11.6 Å². The first kappa shape index (κ1) is 13.1. The van der Waals surface area contributed by atoms with Crippen molar-refractivity contribution in [2.75, 3.05) is 18.1 Å². The second kappa shape index (κ2) is 5.64. The highest BCUT2D eigenvalue weighted by molar-refractivity contribution is 6.30. The van der Waals surface area contributed by atoms with Gasteiger partial charge in [0.05, 0.1) is 24.5 Å². The predicted octanol–water partition coefficient (Wildman–Crippen LogP) is 2.54. The Morgan fingerprint density at radius 1 is 1.30 bits per heavy atom. The minimum absolute atomic E-state index is 0.200. The smallest absolute Gasteiger partial charge is 0.143 e. The lowest BCUT2D eigenvalue weighted by Crippen LogP contribution is -2.21. The molecule has 2 heterocycles. The first-order chi connectivity index (χ1) is 9.81. The van der Waals surface area contributed by atoms with Crippen LogP contribution in [-0.4, -0.2) is 28.2 Å².